The topological polar surface area (TPSA) is 84.0 Å². The first-order chi connectivity index (χ1) is 9.25. The highest BCUT2D eigenvalue weighted by molar-refractivity contribution is 7.91. The molecule has 0 aromatic heterocycles. The second kappa shape index (κ2) is 7.03. The van der Waals surface area contributed by atoms with Gasteiger partial charge >= 0.3 is 5.97 Å². The number of sulfone groups is 1. The fourth-order valence-corrected chi connectivity index (χ4v) is 3.88. The van der Waals surface area contributed by atoms with Crippen molar-refractivity contribution in [3.05, 3.63) is 0 Å². The number of hydrogen-bond donors (Lipinski definition) is 0. The number of likely N-dealkylation sites (N-methyl/N-ethyl adjacent to an activating group) is 2. The van der Waals surface area contributed by atoms with E-state index < -0.39 is 9.84 Å². The first-order valence-corrected chi connectivity index (χ1v) is 8.37. The summed E-state index contributed by atoms with van der Waals surface area (Å²) < 4.78 is 27.6. The summed E-state index contributed by atoms with van der Waals surface area (Å²) in [7, 11) is 0.240. The summed E-state index contributed by atoms with van der Waals surface area (Å²) in [6.45, 7) is 2.13. The molecular weight excluding hydrogens is 284 g/mol. The van der Waals surface area contributed by atoms with E-state index in [9.17, 15) is 18.0 Å². The maximum atomic E-state index is 12.0. The van der Waals surface area contributed by atoms with Crippen LogP contribution in [-0.2, 0) is 24.2 Å². The van der Waals surface area contributed by atoms with Gasteiger partial charge in [-0.15, -0.1) is 0 Å². The van der Waals surface area contributed by atoms with E-state index in [1.54, 1.807) is 25.9 Å². The highest BCUT2D eigenvalue weighted by Gasteiger charge is 2.32. The van der Waals surface area contributed by atoms with Crippen molar-refractivity contribution in [1.82, 2.24) is 9.80 Å². The standard InChI is InChI=1S/C12H22N2O5S/c1-4-19-12(16)8-13(2)7-11(15)14(3)10-5-6-20(17,18)9-10/h10H,4-9H2,1-3H3. The molecule has 1 aliphatic heterocycles. The quantitative estimate of drug-likeness (QED) is 0.593. The summed E-state index contributed by atoms with van der Waals surface area (Å²) in [5, 5.41) is 0. The van der Waals surface area contributed by atoms with Crippen LogP contribution in [0.4, 0.5) is 0 Å². The van der Waals surface area contributed by atoms with E-state index in [1.165, 1.54) is 4.90 Å². The summed E-state index contributed by atoms with van der Waals surface area (Å²) in [6, 6.07) is -0.261. The number of carbonyl (C=O) groups excluding carboxylic acids is 2. The van der Waals surface area contributed by atoms with E-state index >= 15 is 0 Å². The van der Waals surface area contributed by atoms with Crippen molar-refractivity contribution in [3.8, 4) is 0 Å². The molecule has 0 aliphatic carbocycles. The van der Waals surface area contributed by atoms with E-state index in [1.807, 2.05) is 0 Å². The number of hydrogen-bond acceptors (Lipinski definition) is 6. The Morgan fingerprint density at radius 2 is 1.90 bits per heavy atom. The molecule has 1 rings (SSSR count). The minimum absolute atomic E-state index is 0.0246. The Morgan fingerprint density at radius 1 is 1.25 bits per heavy atom. The van der Waals surface area contributed by atoms with Crippen molar-refractivity contribution < 1.29 is 22.7 Å². The van der Waals surface area contributed by atoms with E-state index in [-0.39, 0.29) is 42.5 Å². The zero-order chi connectivity index (χ0) is 15.3. The predicted octanol–water partition coefficient (Wildman–Crippen LogP) is -0.873. The van der Waals surface area contributed by atoms with Crippen LogP contribution >= 0.6 is 0 Å². The van der Waals surface area contributed by atoms with E-state index in [0.29, 0.717) is 13.0 Å². The molecule has 1 fully saturated rings. The van der Waals surface area contributed by atoms with Gasteiger partial charge in [0.1, 0.15) is 0 Å². The lowest BCUT2D eigenvalue weighted by Gasteiger charge is -2.25. The Bertz CT molecular complexity index is 462. The van der Waals surface area contributed by atoms with Crippen LogP contribution in [0, 0.1) is 0 Å². The third kappa shape index (κ3) is 5.09. The molecule has 1 unspecified atom stereocenters. The van der Waals surface area contributed by atoms with Gasteiger partial charge in [-0.1, -0.05) is 0 Å². The number of esters is 1. The van der Waals surface area contributed by atoms with Crippen molar-refractivity contribution >= 4 is 21.7 Å². The molecule has 1 aliphatic rings. The van der Waals surface area contributed by atoms with Gasteiger partial charge in [0.05, 0.1) is 31.2 Å². The normalized spacial score (nSPS) is 20.9. The second-order valence-corrected chi connectivity index (χ2v) is 7.27. The third-order valence-corrected chi connectivity index (χ3v) is 5.01. The molecule has 1 heterocycles. The minimum Gasteiger partial charge on any atom is -0.465 e. The van der Waals surface area contributed by atoms with Gasteiger partial charge in [-0.2, -0.15) is 0 Å². The van der Waals surface area contributed by atoms with Crippen LogP contribution in [0.15, 0.2) is 0 Å². The summed E-state index contributed by atoms with van der Waals surface area (Å²) >= 11 is 0. The molecule has 0 bridgehead atoms. The van der Waals surface area contributed by atoms with Gasteiger partial charge in [-0.3, -0.25) is 14.5 Å². The molecule has 8 heteroatoms. The van der Waals surface area contributed by atoms with Gasteiger partial charge in [0.25, 0.3) is 0 Å². The lowest BCUT2D eigenvalue weighted by Crippen LogP contribution is -2.44. The van der Waals surface area contributed by atoms with Crippen molar-refractivity contribution in [2.24, 2.45) is 0 Å². The molecular formula is C12H22N2O5S. The van der Waals surface area contributed by atoms with Crippen LogP contribution in [0.2, 0.25) is 0 Å². The molecule has 7 nitrogen and oxygen atoms in total. The summed E-state index contributed by atoms with van der Waals surface area (Å²) in [6.07, 6.45) is 0.478. The Balaban J connectivity index is 2.44. The molecule has 0 saturated carbocycles. The van der Waals surface area contributed by atoms with Crippen LogP contribution in [0.5, 0.6) is 0 Å². The first-order valence-electron chi connectivity index (χ1n) is 6.55. The molecule has 1 saturated heterocycles. The van der Waals surface area contributed by atoms with Crippen LogP contribution < -0.4 is 0 Å². The Hall–Kier alpha value is -1.15. The van der Waals surface area contributed by atoms with E-state index in [2.05, 4.69) is 0 Å². The van der Waals surface area contributed by atoms with Gasteiger partial charge in [-0.05, 0) is 20.4 Å². The average Bonchev–Trinajstić information content (AvgIpc) is 2.68. The molecule has 1 atom stereocenters. The number of amides is 1. The van der Waals surface area contributed by atoms with Crippen LogP contribution in [0.25, 0.3) is 0 Å². The predicted molar refractivity (Wildman–Crippen MR) is 74.0 cm³/mol. The number of carbonyl (C=O) groups is 2. The molecule has 1 amide bonds. The zero-order valence-corrected chi connectivity index (χ0v) is 13.0. The fourth-order valence-electron chi connectivity index (χ4n) is 2.11. The number of nitrogens with zero attached hydrogens (tertiary/aromatic N) is 2. The highest BCUT2D eigenvalue weighted by Crippen LogP contribution is 2.16. The van der Waals surface area contributed by atoms with Crippen molar-refractivity contribution in [2.75, 3.05) is 45.3 Å². The highest BCUT2D eigenvalue weighted by atomic mass is 32.2. The molecule has 20 heavy (non-hydrogen) atoms. The van der Waals surface area contributed by atoms with Crippen molar-refractivity contribution in [1.29, 1.82) is 0 Å². The largest absolute Gasteiger partial charge is 0.465 e. The van der Waals surface area contributed by atoms with Crippen LogP contribution in [0.1, 0.15) is 13.3 Å². The monoisotopic (exact) mass is 306 g/mol. The van der Waals surface area contributed by atoms with Crippen LogP contribution in [-0.4, -0.2) is 81.4 Å². The average molecular weight is 306 g/mol. The fraction of sp³-hybridized carbons (Fsp3) is 0.833. The maximum Gasteiger partial charge on any atom is 0.320 e. The molecule has 0 aromatic carbocycles. The van der Waals surface area contributed by atoms with Gasteiger partial charge < -0.3 is 9.64 Å². The van der Waals surface area contributed by atoms with Gasteiger partial charge in [0.2, 0.25) is 5.91 Å². The number of rotatable bonds is 6. The van der Waals surface area contributed by atoms with Crippen molar-refractivity contribution in [3.63, 3.8) is 0 Å². The first kappa shape index (κ1) is 16.9. The summed E-state index contributed by atoms with van der Waals surface area (Å²) in [4.78, 5) is 26.3. The zero-order valence-electron chi connectivity index (χ0n) is 12.2. The molecule has 0 N–H and O–H groups in total. The van der Waals surface area contributed by atoms with Crippen molar-refractivity contribution in [2.45, 2.75) is 19.4 Å². The summed E-state index contributed by atoms with van der Waals surface area (Å²) in [5.74, 6) is -0.419. The van der Waals surface area contributed by atoms with Gasteiger partial charge in [0.15, 0.2) is 9.84 Å². The van der Waals surface area contributed by atoms with Gasteiger partial charge in [-0.25, -0.2) is 8.42 Å². The van der Waals surface area contributed by atoms with Crippen LogP contribution in [0.3, 0.4) is 0 Å². The number of ether oxygens (including phenoxy) is 1. The third-order valence-electron chi connectivity index (χ3n) is 3.26. The van der Waals surface area contributed by atoms with E-state index in [4.69, 9.17) is 4.74 Å². The Labute approximate surface area is 119 Å². The SMILES string of the molecule is CCOC(=O)CN(C)CC(=O)N(C)C1CCS(=O)(=O)C1. The Kier molecular flexibility index (Phi) is 5.94. The minimum atomic E-state index is -3.01. The van der Waals surface area contributed by atoms with E-state index in [0.717, 1.165) is 0 Å². The lowest BCUT2D eigenvalue weighted by atomic mass is 10.2. The lowest BCUT2D eigenvalue weighted by molar-refractivity contribution is -0.144. The molecule has 0 spiro atoms. The molecule has 0 radical (unpaired) electrons. The maximum absolute atomic E-state index is 12.0. The second-order valence-electron chi connectivity index (χ2n) is 5.04. The molecule has 116 valence electrons. The Morgan fingerprint density at radius 3 is 2.40 bits per heavy atom. The summed E-state index contributed by atoms with van der Waals surface area (Å²) in [5.41, 5.74) is 0. The smallest absolute Gasteiger partial charge is 0.320 e. The molecule has 0 aromatic rings. The van der Waals surface area contributed by atoms with Gasteiger partial charge in [0, 0.05) is 13.1 Å².